The van der Waals surface area contributed by atoms with Crippen molar-refractivity contribution in [3.8, 4) is 0 Å². The maximum absolute atomic E-state index is 9.93. The average molecular weight is 289 g/mol. The molecule has 2 heterocycles. The summed E-state index contributed by atoms with van der Waals surface area (Å²) in [6, 6.07) is 2.02. The zero-order valence-electron chi connectivity index (χ0n) is 13.3. The first-order valence-corrected chi connectivity index (χ1v) is 8.23. The molecule has 0 aromatic carbocycles. The molecule has 1 N–H and O–H groups in total. The third-order valence-electron chi connectivity index (χ3n) is 4.89. The number of aryl methyl sites for hydroxylation is 2. The van der Waals surface area contributed by atoms with Gasteiger partial charge in [-0.3, -0.25) is 4.90 Å². The van der Waals surface area contributed by atoms with Gasteiger partial charge < -0.3 is 5.11 Å². The Labute approximate surface area is 127 Å². The van der Waals surface area contributed by atoms with Gasteiger partial charge in [-0.1, -0.05) is 12.8 Å². The van der Waals surface area contributed by atoms with Crippen molar-refractivity contribution in [2.24, 2.45) is 11.3 Å². The molecule has 1 aliphatic carbocycles. The lowest BCUT2D eigenvalue weighted by atomic mass is 9.76. The van der Waals surface area contributed by atoms with Crippen LogP contribution in [-0.2, 0) is 6.54 Å². The van der Waals surface area contributed by atoms with E-state index in [4.69, 9.17) is 0 Å². The van der Waals surface area contributed by atoms with Gasteiger partial charge in [0.15, 0.2) is 0 Å². The Hall–Kier alpha value is -1.00. The minimum absolute atomic E-state index is 0.123. The Morgan fingerprint density at radius 2 is 2.00 bits per heavy atom. The van der Waals surface area contributed by atoms with Crippen molar-refractivity contribution in [1.29, 1.82) is 0 Å². The van der Waals surface area contributed by atoms with Gasteiger partial charge in [-0.15, -0.1) is 0 Å². The highest BCUT2D eigenvalue weighted by molar-refractivity contribution is 5.08. The highest BCUT2D eigenvalue weighted by atomic mass is 16.3. The van der Waals surface area contributed by atoms with Gasteiger partial charge in [-0.25, -0.2) is 9.97 Å². The van der Waals surface area contributed by atoms with Crippen LogP contribution >= 0.6 is 0 Å². The predicted molar refractivity (Wildman–Crippen MR) is 82.9 cm³/mol. The van der Waals surface area contributed by atoms with Gasteiger partial charge in [-0.2, -0.15) is 0 Å². The van der Waals surface area contributed by atoms with Crippen LogP contribution in [0, 0.1) is 25.2 Å². The van der Waals surface area contributed by atoms with E-state index < -0.39 is 0 Å². The Bertz CT molecular complexity index is 481. The first kappa shape index (κ1) is 14.9. The molecule has 1 aromatic heterocycles. The van der Waals surface area contributed by atoms with Gasteiger partial charge in [0.25, 0.3) is 0 Å². The standard InChI is InChI=1S/C17H27N3O/c1-13-8-14(2)19-16(18-13)10-20-7-3-6-17(11-20,12-21)9-15-4-5-15/h8,15,21H,3-7,9-12H2,1-2H3/t17-/m1/s1. The van der Waals surface area contributed by atoms with Gasteiger partial charge >= 0.3 is 0 Å². The zero-order chi connectivity index (χ0) is 14.9. The lowest BCUT2D eigenvalue weighted by molar-refractivity contribution is 0.0170. The van der Waals surface area contributed by atoms with E-state index in [1.54, 1.807) is 0 Å². The van der Waals surface area contributed by atoms with Crippen molar-refractivity contribution < 1.29 is 5.11 Å². The number of aliphatic hydroxyl groups is 1. The molecule has 1 saturated carbocycles. The highest BCUT2D eigenvalue weighted by Gasteiger charge is 2.39. The first-order chi connectivity index (χ1) is 10.1. The topological polar surface area (TPSA) is 49.2 Å². The van der Waals surface area contributed by atoms with Crippen LogP contribution in [0.5, 0.6) is 0 Å². The number of hydrogen-bond acceptors (Lipinski definition) is 4. The second kappa shape index (κ2) is 6.01. The van der Waals surface area contributed by atoms with E-state index in [2.05, 4.69) is 14.9 Å². The molecule has 21 heavy (non-hydrogen) atoms. The largest absolute Gasteiger partial charge is 0.396 e. The number of piperidine rings is 1. The summed E-state index contributed by atoms with van der Waals surface area (Å²) in [5.74, 6) is 1.79. The lowest BCUT2D eigenvalue weighted by Gasteiger charge is -2.42. The van der Waals surface area contributed by atoms with Crippen LogP contribution in [0.3, 0.4) is 0 Å². The molecule has 3 rings (SSSR count). The normalized spacial score (nSPS) is 27.0. The SMILES string of the molecule is Cc1cc(C)nc(CN2CCC[C@@](CO)(CC3CC3)C2)n1. The smallest absolute Gasteiger partial charge is 0.142 e. The third-order valence-corrected chi connectivity index (χ3v) is 4.89. The molecular formula is C17H27N3O. The number of hydrogen-bond donors (Lipinski definition) is 1. The van der Waals surface area contributed by atoms with E-state index in [9.17, 15) is 5.11 Å². The summed E-state index contributed by atoms with van der Waals surface area (Å²) in [4.78, 5) is 11.6. The first-order valence-electron chi connectivity index (χ1n) is 8.23. The quantitative estimate of drug-likeness (QED) is 0.904. The monoisotopic (exact) mass is 289 g/mol. The molecule has 4 heteroatoms. The highest BCUT2D eigenvalue weighted by Crippen LogP contribution is 2.44. The summed E-state index contributed by atoms with van der Waals surface area (Å²) in [6.07, 6.45) is 6.28. The fourth-order valence-electron chi connectivity index (χ4n) is 3.81. The van der Waals surface area contributed by atoms with Crippen molar-refractivity contribution in [3.63, 3.8) is 0 Å². The third kappa shape index (κ3) is 3.80. The lowest BCUT2D eigenvalue weighted by Crippen LogP contribution is -2.45. The van der Waals surface area contributed by atoms with Gasteiger partial charge in [-0.05, 0) is 51.6 Å². The van der Waals surface area contributed by atoms with Crippen LogP contribution in [0.15, 0.2) is 6.07 Å². The Balaban J connectivity index is 1.67. The van der Waals surface area contributed by atoms with Gasteiger partial charge in [0.05, 0.1) is 6.54 Å². The number of aliphatic hydroxyl groups excluding tert-OH is 1. The Morgan fingerprint density at radius 1 is 1.29 bits per heavy atom. The molecule has 1 saturated heterocycles. The molecule has 2 aliphatic rings. The zero-order valence-corrected chi connectivity index (χ0v) is 13.3. The fourth-order valence-corrected chi connectivity index (χ4v) is 3.81. The van der Waals surface area contributed by atoms with E-state index in [0.29, 0.717) is 6.61 Å². The summed E-state index contributed by atoms with van der Waals surface area (Å²) in [5.41, 5.74) is 2.21. The van der Waals surface area contributed by atoms with Crippen LogP contribution in [0.4, 0.5) is 0 Å². The summed E-state index contributed by atoms with van der Waals surface area (Å²) < 4.78 is 0. The van der Waals surface area contributed by atoms with E-state index >= 15 is 0 Å². The molecule has 1 aliphatic heterocycles. The van der Waals surface area contributed by atoms with Crippen LogP contribution in [-0.4, -0.2) is 39.7 Å². The van der Waals surface area contributed by atoms with Crippen LogP contribution in [0.25, 0.3) is 0 Å². The number of nitrogens with zero attached hydrogens (tertiary/aromatic N) is 3. The van der Waals surface area contributed by atoms with Crippen molar-refractivity contribution >= 4 is 0 Å². The molecule has 0 radical (unpaired) electrons. The Morgan fingerprint density at radius 3 is 2.62 bits per heavy atom. The van der Waals surface area contributed by atoms with Gasteiger partial charge in [0.2, 0.25) is 0 Å². The molecule has 4 nitrogen and oxygen atoms in total. The fraction of sp³-hybridized carbons (Fsp3) is 0.765. The molecule has 0 spiro atoms. The van der Waals surface area contributed by atoms with Crippen molar-refractivity contribution in [1.82, 2.24) is 14.9 Å². The second-order valence-electron chi connectivity index (χ2n) is 7.19. The van der Waals surface area contributed by atoms with Crippen molar-refractivity contribution in [3.05, 3.63) is 23.3 Å². The number of rotatable bonds is 5. The number of aromatic nitrogens is 2. The summed E-state index contributed by atoms with van der Waals surface area (Å²) >= 11 is 0. The molecule has 0 unspecified atom stereocenters. The minimum atomic E-state index is 0.123. The van der Waals surface area contributed by atoms with Crippen molar-refractivity contribution in [2.45, 2.75) is 52.5 Å². The van der Waals surface area contributed by atoms with Crippen LogP contribution in [0.2, 0.25) is 0 Å². The number of likely N-dealkylation sites (tertiary alicyclic amines) is 1. The maximum atomic E-state index is 9.93. The van der Waals surface area contributed by atoms with E-state index in [0.717, 1.165) is 42.8 Å². The van der Waals surface area contributed by atoms with E-state index in [-0.39, 0.29) is 5.41 Å². The summed E-state index contributed by atoms with van der Waals surface area (Å²) in [5, 5.41) is 9.93. The molecule has 0 amide bonds. The van der Waals surface area contributed by atoms with Crippen LogP contribution in [0.1, 0.15) is 49.3 Å². The molecule has 0 bridgehead atoms. The summed E-state index contributed by atoms with van der Waals surface area (Å²) in [7, 11) is 0. The minimum Gasteiger partial charge on any atom is -0.396 e. The molecule has 116 valence electrons. The van der Waals surface area contributed by atoms with E-state index in [1.165, 1.54) is 32.1 Å². The van der Waals surface area contributed by atoms with Gasteiger partial charge in [0.1, 0.15) is 5.82 Å². The predicted octanol–water partition coefficient (Wildman–Crippen LogP) is 2.47. The maximum Gasteiger partial charge on any atom is 0.142 e. The molecule has 1 aromatic rings. The summed E-state index contributed by atoms with van der Waals surface area (Å²) in [6.45, 7) is 7.29. The average Bonchev–Trinajstić information content (AvgIpc) is 3.21. The van der Waals surface area contributed by atoms with Crippen LogP contribution < -0.4 is 0 Å². The van der Waals surface area contributed by atoms with Gasteiger partial charge in [0, 0.05) is 30.0 Å². The Kier molecular flexibility index (Phi) is 4.27. The second-order valence-corrected chi connectivity index (χ2v) is 7.19. The van der Waals surface area contributed by atoms with Crippen molar-refractivity contribution in [2.75, 3.05) is 19.7 Å². The van der Waals surface area contributed by atoms with E-state index in [1.807, 2.05) is 19.9 Å². The molecule has 2 fully saturated rings. The molecular weight excluding hydrogens is 262 g/mol. The molecule has 1 atom stereocenters.